The van der Waals surface area contributed by atoms with Gasteiger partial charge >= 0.3 is 0 Å². The first-order chi connectivity index (χ1) is 9.67. The Balaban J connectivity index is 2.12. The van der Waals surface area contributed by atoms with Crippen molar-refractivity contribution in [3.05, 3.63) is 34.1 Å². The van der Waals surface area contributed by atoms with Crippen LogP contribution in [0.4, 0.5) is 4.39 Å². The van der Waals surface area contributed by atoms with E-state index in [2.05, 4.69) is 28.2 Å². The highest BCUT2D eigenvalue weighted by atomic mass is 79.9. The summed E-state index contributed by atoms with van der Waals surface area (Å²) in [4.78, 5) is 0. The lowest BCUT2D eigenvalue weighted by Gasteiger charge is -2.38. The van der Waals surface area contributed by atoms with Crippen LogP contribution in [-0.2, 0) is 11.2 Å². The van der Waals surface area contributed by atoms with Crippen molar-refractivity contribution in [3.8, 4) is 0 Å². The van der Waals surface area contributed by atoms with Crippen LogP contribution in [0.2, 0.25) is 0 Å². The normalized spacial score (nSPS) is 22.9. The molecule has 1 aliphatic rings. The lowest BCUT2D eigenvalue weighted by molar-refractivity contribution is -0.00718. The predicted molar refractivity (Wildman–Crippen MR) is 83.5 cm³/mol. The van der Waals surface area contributed by atoms with Crippen LogP contribution in [0, 0.1) is 11.2 Å². The molecule has 1 saturated heterocycles. The molecule has 2 nitrogen and oxygen atoms in total. The van der Waals surface area contributed by atoms with Gasteiger partial charge in [0.2, 0.25) is 0 Å². The molecule has 0 radical (unpaired) electrons. The topological polar surface area (TPSA) is 21.3 Å². The van der Waals surface area contributed by atoms with E-state index in [9.17, 15) is 4.39 Å². The van der Waals surface area contributed by atoms with Gasteiger partial charge in [-0.3, -0.25) is 0 Å². The second-order valence-electron chi connectivity index (χ2n) is 5.72. The zero-order chi connectivity index (χ0) is 14.4. The summed E-state index contributed by atoms with van der Waals surface area (Å²) in [6.07, 6.45) is 4.19. The monoisotopic (exact) mass is 343 g/mol. The SMILES string of the molecule is CCCNCC1(Cc2cccc(F)c2Br)CCCOC1. The molecule has 1 unspecified atom stereocenters. The zero-order valence-electron chi connectivity index (χ0n) is 12.1. The number of nitrogens with one attached hydrogen (secondary N) is 1. The second-order valence-corrected chi connectivity index (χ2v) is 6.52. The summed E-state index contributed by atoms with van der Waals surface area (Å²) in [7, 11) is 0. The number of rotatable bonds is 6. The molecule has 1 N–H and O–H groups in total. The molecule has 0 aromatic heterocycles. The van der Waals surface area contributed by atoms with Crippen molar-refractivity contribution in [2.75, 3.05) is 26.3 Å². The molecule has 20 heavy (non-hydrogen) atoms. The number of hydrogen-bond donors (Lipinski definition) is 1. The molecule has 1 atom stereocenters. The molecule has 1 fully saturated rings. The summed E-state index contributed by atoms with van der Waals surface area (Å²) in [6.45, 7) is 5.72. The summed E-state index contributed by atoms with van der Waals surface area (Å²) in [6, 6.07) is 5.28. The second kappa shape index (κ2) is 7.53. The van der Waals surface area contributed by atoms with E-state index in [0.29, 0.717) is 4.47 Å². The van der Waals surface area contributed by atoms with Gasteiger partial charge < -0.3 is 10.1 Å². The Bertz CT molecular complexity index is 432. The third-order valence-corrected chi connectivity index (χ3v) is 4.82. The highest BCUT2D eigenvalue weighted by molar-refractivity contribution is 9.10. The van der Waals surface area contributed by atoms with Crippen LogP contribution in [0.5, 0.6) is 0 Å². The van der Waals surface area contributed by atoms with E-state index in [0.717, 1.165) is 57.6 Å². The van der Waals surface area contributed by atoms with Crippen LogP contribution < -0.4 is 5.32 Å². The Labute approximate surface area is 129 Å². The van der Waals surface area contributed by atoms with Gasteiger partial charge in [0.1, 0.15) is 5.82 Å². The molecule has 0 amide bonds. The van der Waals surface area contributed by atoms with E-state index in [4.69, 9.17) is 4.74 Å². The van der Waals surface area contributed by atoms with E-state index in [-0.39, 0.29) is 11.2 Å². The maximum absolute atomic E-state index is 13.7. The van der Waals surface area contributed by atoms with Crippen molar-refractivity contribution in [2.45, 2.75) is 32.6 Å². The van der Waals surface area contributed by atoms with E-state index < -0.39 is 0 Å². The maximum atomic E-state index is 13.7. The van der Waals surface area contributed by atoms with Crippen molar-refractivity contribution < 1.29 is 9.13 Å². The van der Waals surface area contributed by atoms with E-state index in [1.54, 1.807) is 6.07 Å². The fraction of sp³-hybridized carbons (Fsp3) is 0.625. The van der Waals surface area contributed by atoms with Crippen LogP contribution in [0.1, 0.15) is 31.7 Å². The smallest absolute Gasteiger partial charge is 0.137 e. The van der Waals surface area contributed by atoms with Crippen LogP contribution in [0.3, 0.4) is 0 Å². The largest absolute Gasteiger partial charge is 0.381 e. The summed E-state index contributed by atoms with van der Waals surface area (Å²) in [5.74, 6) is -0.184. The van der Waals surface area contributed by atoms with Gasteiger partial charge in [0.05, 0.1) is 11.1 Å². The van der Waals surface area contributed by atoms with Gasteiger partial charge in [-0.2, -0.15) is 0 Å². The minimum absolute atomic E-state index is 0.0870. The number of hydrogen-bond acceptors (Lipinski definition) is 2. The van der Waals surface area contributed by atoms with E-state index in [1.165, 1.54) is 6.07 Å². The van der Waals surface area contributed by atoms with Gasteiger partial charge in [-0.25, -0.2) is 4.39 Å². The third kappa shape index (κ3) is 4.03. The van der Waals surface area contributed by atoms with E-state index in [1.807, 2.05) is 6.07 Å². The molecule has 1 aromatic rings. The minimum atomic E-state index is -0.184. The summed E-state index contributed by atoms with van der Waals surface area (Å²) < 4.78 is 20.0. The number of benzene rings is 1. The average Bonchev–Trinajstić information content (AvgIpc) is 2.45. The van der Waals surface area contributed by atoms with Gasteiger partial charge in [-0.05, 0) is 59.8 Å². The standard InChI is InChI=1S/C16H23BrFNO/c1-2-8-19-11-16(7-4-9-20-12-16)10-13-5-3-6-14(18)15(13)17/h3,5-6,19H,2,4,7-12H2,1H3. The van der Waals surface area contributed by atoms with Crippen LogP contribution in [0.15, 0.2) is 22.7 Å². The lowest BCUT2D eigenvalue weighted by atomic mass is 9.77. The summed E-state index contributed by atoms with van der Waals surface area (Å²) in [5.41, 5.74) is 1.12. The van der Waals surface area contributed by atoms with Crippen molar-refractivity contribution in [3.63, 3.8) is 0 Å². The fourth-order valence-electron chi connectivity index (χ4n) is 2.87. The predicted octanol–water partition coefficient (Wildman–Crippen LogP) is 3.93. The minimum Gasteiger partial charge on any atom is -0.381 e. The van der Waals surface area contributed by atoms with Crippen molar-refractivity contribution in [1.82, 2.24) is 5.32 Å². The van der Waals surface area contributed by atoms with E-state index >= 15 is 0 Å². The van der Waals surface area contributed by atoms with Crippen LogP contribution >= 0.6 is 15.9 Å². The quantitative estimate of drug-likeness (QED) is 0.790. The Morgan fingerprint density at radius 1 is 1.45 bits per heavy atom. The molecule has 1 aromatic carbocycles. The molecular formula is C16H23BrFNO. The number of halogens is 2. The molecule has 1 heterocycles. The number of ether oxygens (including phenoxy) is 1. The highest BCUT2D eigenvalue weighted by Gasteiger charge is 2.33. The molecule has 0 aliphatic carbocycles. The molecule has 0 spiro atoms. The molecule has 0 saturated carbocycles. The highest BCUT2D eigenvalue weighted by Crippen LogP contribution is 2.34. The first-order valence-corrected chi connectivity index (χ1v) is 8.17. The van der Waals surface area contributed by atoms with Crippen LogP contribution in [-0.4, -0.2) is 26.3 Å². The molecule has 4 heteroatoms. The van der Waals surface area contributed by atoms with Crippen molar-refractivity contribution in [2.24, 2.45) is 5.41 Å². The molecule has 1 aliphatic heterocycles. The summed E-state index contributed by atoms with van der Waals surface area (Å²) in [5, 5.41) is 3.51. The van der Waals surface area contributed by atoms with Gasteiger partial charge in [0, 0.05) is 18.6 Å². The maximum Gasteiger partial charge on any atom is 0.137 e. The third-order valence-electron chi connectivity index (χ3n) is 3.93. The molecule has 112 valence electrons. The fourth-order valence-corrected chi connectivity index (χ4v) is 3.28. The van der Waals surface area contributed by atoms with Gasteiger partial charge in [0.15, 0.2) is 0 Å². The first kappa shape index (κ1) is 15.9. The first-order valence-electron chi connectivity index (χ1n) is 7.38. The van der Waals surface area contributed by atoms with Gasteiger partial charge in [-0.1, -0.05) is 19.1 Å². The summed E-state index contributed by atoms with van der Waals surface area (Å²) >= 11 is 3.38. The zero-order valence-corrected chi connectivity index (χ0v) is 13.6. The lowest BCUT2D eigenvalue weighted by Crippen LogP contribution is -2.43. The molecule has 0 bridgehead atoms. The van der Waals surface area contributed by atoms with Crippen molar-refractivity contribution in [1.29, 1.82) is 0 Å². The van der Waals surface area contributed by atoms with Gasteiger partial charge in [-0.15, -0.1) is 0 Å². The molecular weight excluding hydrogens is 321 g/mol. The Morgan fingerprint density at radius 2 is 2.30 bits per heavy atom. The van der Waals surface area contributed by atoms with Gasteiger partial charge in [0.25, 0.3) is 0 Å². The van der Waals surface area contributed by atoms with Crippen molar-refractivity contribution >= 4 is 15.9 Å². The average molecular weight is 344 g/mol. The van der Waals surface area contributed by atoms with Crippen LogP contribution in [0.25, 0.3) is 0 Å². The Kier molecular flexibility index (Phi) is 6.00. The Morgan fingerprint density at radius 3 is 3.00 bits per heavy atom. The Hall–Kier alpha value is -0.450. The molecule has 2 rings (SSSR count).